The zero-order chi connectivity index (χ0) is 8.81. The number of carbonyl (C=O) groups excluding carboxylic acids is 1. The molecule has 4 nitrogen and oxygen atoms in total. The predicted octanol–water partition coefficient (Wildman–Crippen LogP) is 0.956. The Morgan fingerprint density at radius 3 is 3.25 bits per heavy atom. The minimum Gasteiger partial charge on any atom is -0.450 e. The lowest BCUT2D eigenvalue weighted by molar-refractivity contribution is 0.146. The molecule has 1 heterocycles. The van der Waals surface area contributed by atoms with Gasteiger partial charge in [-0.05, 0) is 26.0 Å². The van der Waals surface area contributed by atoms with Crippen LogP contribution in [0.1, 0.15) is 19.8 Å². The van der Waals surface area contributed by atoms with Gasteiger partial charge < -0.3 is 15.4 Å². The molecule has 0 radical (unpaired) electrons. The lowest BCUT2D eigenvalue weighted by Crippen LogP contribution is -2.44. The molecule has 1 rings (SSSR count). The van der Waals surface area contributed by atoms with Crippen molar-refractivity contribution in [3.8, 4) is 0 Å². The molecule has 0 saturated heterocycles. The average molecular weight is 170 g/mol. The molecule has 0 saturated carbocycles. The van der Waals surface area contributed by atoms with Crippen LogP contribution in [0.2, 0.25) is 0 Å². The molecule has 1 aliphatic heterocycles. The number of allylic oxidation sites excluding steroid dienone is 1. The highest BCUT2D eigenvalue weighted by Gasteiger charge is 2.11. The minimum absolute atomic E-state index is 0.0223. The van der Waals surface area contributed by atoms with Gasteiger partial charge in [-0.25, -0.2) is 4.79 Å². The zero-order valence-corrected chi connectivity index (χ0v) is 7.17. The maximum absolute atomic E-state index is 10.9. The molecule has 68 valence electrons. The largest absolute Gasteiger partial charge is 0.450 e. The number of ether oxygens (including phenoxy) is 1. The van der Waals surface area contributed by atoms with Crippen molar-refractivity contribution in [2.75, 3.05) is 6.61 Å². The van der Waals surface area contributed by atoms with Crippen LogP contribution in [0.4, 0.5) is 4.79 Å². The number of alkyl carbamates (subject to hydrolysis) is 1. The maximum Gasteiger partial charge on any atom is 0.408 e. The number of amides is 1. The molecule has 1 unspecified atom stereocenters. The molecule has 0 fully saturated rings. The van der Waals surface area contributed by atoms with E-state index in [1.165, 1.54) is 0 Å². The van der Waals surface area contributed by atoms with Crippen LogP contribution in [0.15, 0.2) is 12.3 Å². The van der Waals surface area contributed by atoms with Crippen LogP contribution in [-0.2, 0) is 4.74 Å². The van der Waals surface area contributed by atoms with Crippen LogP contribution < -0.4 is 10.6 Å². The van der Waals surface area contributed by atoms with E-state index in [2.05, 4.69) is 10.6 Å². The molecule has 0 aromatic rings. The summed E-state index contributed by atoms with van der Waals surface area (Å²) in [6.07, 6.45) is 5.45. The first-order chi connectivity index (χ1) is 5.83. The van der Waals surface area contributed by atoms with Crippen molar-refractivity contribution < 1.29 is 9.53 Å². The molecular weight excluding hydrogens is 156 g/mol. The molecule has 1 amide bonds. The third-order valence-electron chi connectivity index (χ3n) is 1.60. The van der Waals surface area contributed by atoms with Crippen molar-refractivity contribution in [1.29, 1.82) is 0 Å². The van der Waals surface area contributed by atoms with Crippen LogP contribution in [0.25, 0.3) is 0 Å². The van der Waals surface area contributed by atoms with Gasteiger partial charge in [0.25, 0.3) is 0 Å². The topological polar surface area (TPSA) is 50.4 Å². The summed E-state index contributed by atoms with van der Waals surface area (Å²) in [6, 6.07) is 0. The molecule has 0 aliphatic carbocycles. The van der Waals surface area contributed by atoms with Crippen LogP contribution in [-0.4, -0.2) is 18.9 Å². The number of rotatable bonds is 2. The third-order valence-corrected chi connectivity index (χ3v) is 1.60. The van der Waals surface area contributed by atoms with Gasteiger partial charge in [0.1, 0.15) is 6.17 Å². The highest BCUT2D eigenvalue weighted by Crippen LogP contribution is 2.01. The van der Waals surface area contributed by atoms with Crippen LogP contribution in [0.5, 0.6) is 0 Å². The SMILES string of the molecule is CCOC(=O)NC1CCC=CN1. The van der Waals surface area contributed by atoms with E-state index in [0.29, 0.717) is 6.61 Å². The highest BCUT2D eigenvalue weighted by molar-refractivity contribution is 5.67. The first-order valence-electron chi connectivity index (χ1n) is 4.17. The molecule has 2 N–H and O–H groups in total. The van der Waals surface area contributed by atoms with E-state index >= 15 is 0 Å². The van der Waals surface area contributed by atoms with Crippen molar-refractivity contribution in [1.82, 2.24) is 10.6 Å². The average Bonchev–Trinajstić information content (AvgIpc) is 2.06. The van der Waals surface area contributed by atoms with Gasteiger partial charge in [0, 0.05) is 0 Å². The highest BCUT2D eigenvalue weighted by atomic mass is 16.5. The molecule has 0 spiro atoms. The summed E-state index contributed by atoms with van der Waals surface area (Å²) in [4.78, 5) is 10.9. The normalized spacial score (nSPS) is 21.2. The summed E-state index contributed by atoms with van der Waals surface area (Å²) in [5, 5.41) is 5.71. The second-order valence-electron chi connectivity index (χ2n) is 2.56. The number of carbonyl (C=O) groups is 1. The monoisotopic (exact) mass is 170 g/mol. The predicted molar refractivity (Wildman–Crippen MR) is 45.5 cm³/mol. The fourth-order valence-corrected chi connectivity index (χ4v) is 1.04. The summed E-state index contributed by atoms with van der Waals surface area (Å²) >= 11 is 0. The molecule has 1 atom stereocenters. The molecule has 1 aliphatic rings. The van der Waals surface area contributed by atoms with Crippen molar-refractivity contribution in [2.45, 2.75) is 25.9 Å². The number of hydrogen-bond acceptors (Lipinski definition) is 3. The maximum atomic E-state index is 10.9. The fourth-order valence-electron chi connectivity index (χ4n) is 1.04. The van der Waals surface area contributed by atoms with Crippen molar-refractivity contribution >= 4 is 6.09 Å². The third kappa shape index (κ3) is 2.82. The Hall–Kier alpha value is -1.19. The Bertz CT molecular complexity index is 180. The summed E-state index contributed by atoms with van der Waals surface area (Å²) in [5.74, 6) is 0. The zero-order valence-electron chi connectivity index (χ0n) is 7.17. The summed E-state index contributed by atoms with van der Waals surface area (Å²) in [6.45, 7) is 2.20. The summed E-state index contributed by atoms with van der Waals surface area (Å²) < 4.78 is 4.73. The van der Waals surface area contributed by atoms with E-state index in [4.69, 9.17) is 4.74 Å². The van der Waals surface area contributed by atoms with Crippen LogP contribution in [0.3, 0.4) is 0 Å². The van der Waals surface area contributed by atoms with E-state index in [9.17, 15) is 4.79 Å². The van der Waals surface area contributed by atoms with Gasteiger partial charge in [-0.2, -0.15) is 0 Å². The summed E-state index contributed by atoms with van der Waals surface area (Å²) in [5.41, 5.74) is 0. The minimum atomic E-state index is -0.356. The lowest BCUT2D eigenvalue weighted by Gasteiger charge is -2.20. The molecule has 12 heavy (non-hydrogen) atoms. The molecule has 0 bridgehead atoms. The van der Waals surface area contributed by atoms with Gasteiger partial charge >= 0.3 is 6.09 Å². The molecule has 0 aromatic carbocycles. The second-order valence-corrected chi connectivity index (χ2v) is 2.56. The van der Waals surface area contributed by atoms with Crippen LogP contribution in [0, 0.1) is 0 Å². The quantitative estimate of drug-likeness (QED) is 0.649. The Balaban J connectivity index is 2.21. The first-order valence-corrected chi connectivity index (χ1v) is 4.17. The van der Waals surface area contributed by atoms with E-state index in [1.807, 2.05) is 12.3 Å². The van der Waals surface area contributed by atoms with Gasteiger partial charge in [0.05, 0.1) is 6.61 Å². The molecule has 0 aromatic heterocycles. The Morgan fingerprint density at radius 2 is 2.67 bits per heavy atom. The van der Waals surface area contributed by atoms with Gasteiger partial charge in [-0.15, -0.1) is 0 Å². The number of hydrogen-bond donors (Lipinski definition) is 2. The van der Waals surface area contributed by atoms with E-state index in [0.717, 1.165) is 12.8 Å². The van der Waals surface area contributed by atoms with Crippen molar-refractivity contribution in [2.24, 2.45) is 0 Å². The Morgan fingerprint density at radius 1 is 1.83 bits per heavy atom. The lowest BCUT2D eigenvalue weighted by atomic mass is 10.2. The Labute approximate surface area is 72.0 Å². The molecular formula is C8H14N2O2. The van der Waals surface area contributed by atoms with Gasteiger partial charge in [-0.1, -0.05) is 6.08 Å². The smallest absolute Gasteiger partial charge is 0.408 e. The van der Waals surface area contributed by atoms with Crippen LogP contribution >= 0.6 is 0 Å². The first kappa shape index (κ1) is 8.90. The van der Waals surface area contributed by atoms with Crippen molar-refractivity contribution in [3.63, 3.8) is 0 Å². The van der Waals surface area contributed by atoms with Gasteiger partial charge in [-0.3, -0.25) is 0 Å². The standard InChI is InChI=1S/C8H14N2O2/c1-2-12-8(11)10-7-5-3-4-6-9-7/h4,6-7,9H,2-3,5H2,1H3,(H,10,11). The van der Waals surface area contributed by atoms with Gasteiger partial charge in [0.2, 0.25) is 0 Å². The molecule has 4 heteroatoms. The van der Waals surface area contributed by atoms with E-state index in [-0.39, 0.29) is 12.3 Å². The second kappa shape index (κ2) is 4.64. The van der Waals surface area contributed by atoms with Gasteiger partial charge in [0.15, 0.2) is 0 Å². The van der Waals surface area contributed by atoms with E-state index < -0.39 is 0 Å². The summed E-state index contributed by atoms with van der Waals surface area (Å²) in [7, 11) is 0. The number of nitrogens with one attached hydrogen (secondary N) is 2. The van der Waals surface area contributed by atoms with Crippen molar-refractivity contribution in [3.05, 3.63) is 12.3 Å². The fraction of sp³-hybridized carbons (Fsp3) is 0.625. The Kier molecular flexibility index (Phi) is 3.44. The van der Waals surface area contributed by atoms with E-state index in [1.54, 1.807) is 6.92 Å².